The summed E-state index contributed by atoms with van der Waals surface area (Å²) >= 11 is 0. The number of ether oxygens (including phenoxy) is 1. The number of rotatable bonds is 3. The lowest BCUT2D eigenvalue weighted by molar-refractivity contribution is -0.137. The maximum Gasteiger partial charge on any atom is 0.413 e. The molecule has 0 fully saturated rings. The van der Waals surface area contributed by atoms with Gasteiger partial charge in [-0.2, -0.15) is 4.79 Å². The van der Waals surface area contributed by atoms with Crippen molar-refractivity contribution < 1.29 is 15.7 Å². The normalized spacial score (nSPS) is 8.67. The summed E-state index contributed by atoms with van der Waals surface area (Å²) in [6.45, 7) is 3.29. The molecule has 0 aromatic rings. The van der Waals surface area contributed by atoms with E-state index in [0.29, 0.717) is 0 Å². The van der Waals surface area contributed by atoms with Crippen LogP contribution in [0.2, 0.25) is 0 Å². The van der Waals surface area contributed by atoms with Crippen molar-refractivity contribution in [2.45, 2.75) is 0 Å². The first-order valence-corrected chi connectivity index (χ1v) is 2.19. The van der Waals surface area contributed by atoms with Crippen LogP contribution in [-0.4, -0.2) is 23.6 Å². The molecule has 4 nitrogen and oxygen atoms in total. The molecule has 0 amide bonds. The van der Waals surface area contributed by atoms with Crippen LogP contribution in [0.15, 0.2) is 12.7 Å². The van der Waals surface area contributed by atoms with Crippen LogP contribution in [0.4, 0.5) is 0 Å². The van der Waals surface area contributed by atoms with E-state index in [9.17, 15) is 4.79 Å². The Balaban J connectivity index is 3.85. The topological polar surface area (TPSA) is 62.7 Å². The van der Waals surface area contributed by atoms with Crippen molar-refractivity contribution in [2.75, 3.05) is 6.61 Å². The van der Waals surface area contributed by atoms with E-state index in [1.54, 1.807) is 0 Å². The molecule has 0 N–H and O–H groups in total. The van der Waals surface area contributed by atoms with Gasteiger partial charge in [-0.1, -0.05) is 12.7 Å². The van der Waals surface area contributed by atoms with Crippen molar-refractivity contribution in [3.05, 3.63) is 18.2 Å². The van der Waals surface area contributed by atoms with Crippen LogP contribution in [0.25, 0.3) is 5.53 Å². The van der Waals surface area contributed by atoms with E-state index >= 15 is 0 Å². The van der Waals surface area contributed by atoms with E-state index in [4.69, 9.17) is 6.90 Å². The predicted octanol–water partition coefficient (Wildman–Crippen LogP) is 0.0162. The molecule has 9 heavy (non-hydrogen) atoms. The summed E-state index contributed by atoms with van der Waals surface area (Å²) in [5, 5.41) is 0. The van der Waals surface area contributed by atoms with E-state index in [1.807, 2.05) is 0 Å². The fraction of sp³-hybridized carbons (Fsp3) is 0.200. The lowest BCUT2D eigenvalue weighted by Gasteiger charge is -1.88. The summed E-state index contributed by atoms with van der Waals surface area (Å²) in [6, 6.07) is 0. The minimum atomic E-state index is -0.970. The standard InChI is InChI=1S/C5H6N2O2/c1-2-3-9-5(8)4-7-6/h2,4H,1,3H2/i4D. The minimum Gasteiger partial charge on any atom is -0.453 e. The number of hydrogen-bond donors (Lipinski definition) is 0. The van der Waals surface area contributed by atoms with Gasteiger partial charge in [-0.05, 0) is 0 Å². The molecule has 0 spiro atoms. The van der Waals surface area contributed by atoms with Gasteiger partial charge in [-0.15, -0.1) is 0 Å². The monoisotopic (exact) mass is 127 g/mol. The molecule has 4 heteroatoms. The molecule has 0 aliphatic carbocycles. The first kappa shape index (κ1) is 5.72. The third kappa shape index (κ3) is 4.44. The molecule has 0 unspecified atom stereocenters. The summed E-state index contributed by atoms with van der Waals surface area (Å²) in [6.07, 6.45) is 0.532. The first-order valence-electron chi connectivity index (χ1n) is 2.69. The highest BCUT2D eigenvalue weighted by molar-refractivity contribution is 6.20. The van der Waals surface area contributed by atoms with Gasteiger partial charge in [0.1, 0.15) is 6.61 Å². The van der Waals surface area contributed by atoms with Gasteiger partial charge in [0.2, 0.25) is 0 Å². The van der Waals surface area contributed by atoms with Crippen LogP contribution < -0.4 is 0 Å². The highest BCUT2D eigenvalue weighted by Crippen LogP contribution is 1.72. The lowest BCUT2D eigenvalue weighted by atomic mass is 10.7. The predicted molar refractivity (Wildman–Crippen MR) is 30.8 cm³/mol. The van der Waals surface area contributed by atoms with Gasteiger partial charge < -0.3 is 10.3 Å². The Morgan fingerprint density at radius 1 is 2.11 bits per heavy atom. The van der Waals surface area contributed by atoms with Crippen molar-refractivity contribution in [1.29, 1.82) is 0 Å². The quantitative estimate of drug-likeness (QED) is 0.176. The van der Waals surface area contributed by atoms with Crippen molar-refractivity contribution >= 4 is 12.2 Å². The number of nitrogens with zero attached hydrogens (tertiary/aromatic N) is 2. The number of hydrogen-bond acceptors (Lipinski definition) is 2. The molecular formula is C5H6N2O2. The van der Waals surface area contributed by atoms with E-state index in [-0.39, 0.29) is 6.61 Å². The number of esters is 1. The van der Waals surface area contributed by atoms with Gasteiger partial charge in [0.25, 0.3) is 0 Å². The minimum absolute atomic E-state index is 0.0106. The fourth-order valence-electron chi connectivity index (χ4n) is 0.208. The van der Waals surface area contributed by atoms with Crippen LogP contribution in [0.5, 0.6) is 0 Å². The van der Waals surface area contributed by atoms with Gasteiger partial charge in [-0.25, -0.2) is 4.79 Å². The summed E-state index contributed by atoms with van der Waals surface area (Å²) in [4.78, 5) is 12.7. The van der Waals surface area contributed by atoms with Crippen molar-refractivity contribution in [1.82, 2.24) is 0 Å². The maximum atomic E-state index is 10.4. The third-order valence-corrected chi connectivity index (χ3v) is 0.474. The van der Waals surface area contributed by atoms with Crippen LogP contribution in [0, 0.1) is 0 Å². The SMILES string of the molecule is [2H]C(=[N+]=[N-])C(=O)OCC=C. The van der Waals surface area contributed by atoms with Crippen LogP contribution in [0.3, 0.4) is 0 Å². The molecule has 0 bridgehead atoms. The Morgan fingerprint density at radius 2 is 2.78 bits per heavy atom. The fourth-order valence-corrected chi connectivity index (χ4v) is 0.208. The van der Waals surface area contributed by atoms with E-state index in [0.717, 1.165) is 0 Å². The van der Waals surface area contributed by atoms with Crippen molar-refractivity contribution in [3.63, 3.8) is 0 Å². The number of carbonyl (C=O) groups excluding carboxylic acids is 1. The second kappa shape index (κ2) is 4.74. The first-order chi connectivity index (χ1) is 4.72. The molecule has 0 heterocycles. The molecule has 0 radical (unpaired) electrons. The number of carbonyl (C=O) groups is 1. The summed E-state index contributed by atoms with van der Waals surface area (Å²) < 4.78 is 10.9. The van der Waals surface area contributed by atoms with Gasteiger partial charge in [0.15, 0.2) is 1.37 Å². The second-order valence-corrected chi connectivity index (χ2v) is 1.10. The van der Waals surface area contributed by atoms with Crippen LogP contribution in [0.1, 0.15) is 1.37 Å². The maximum absolute atomic E-state index is 10.4. The third-order valence-electron chi connectivity index (χ3n) is 0.474. The lowest BCUT2D eigenvalue weighted by Crippen LogP contribution is -2.05. The zero-order valence-electron chi connectivity index (χ0n) is 5.70. The molecule has 0 aliphatic rings. The average molecular weight is 127 g/mol. The molecule has 0 atom stereocenters. The molecule has 0 aromatic heterocycles. The Bertz CT molecular complexity index is 196. The smallest absolute Gasteiger partial charge is 0.413 e. The van der Waals surface area contributed by atoms with Gasteiger partial charge in [0, 0.05) is 0 Å². The highest BCUT2D eigenvalue weighted by atomic mass is 16.5. The van der Waals surface area contributed by atoms with Gasteiger partial charge >= 0.3 is 12.2 Å². The Labute approximate surface area is 53.8 Å². The molecule has 0 aromatic carbocycles. The Kier molecular flexibility index (Phi) is 3.01. The molecule has 0 saturated heterocycles. The summed E-state index contributed by atoms with van der Waals surface area (Å²) in [5.41, 5.74) is 7.88. The zero-order valence-corrected chi connectivity index (χ0v) is 4.70. The molecule has 0 rings (SSSR count). The second-order valence-electron chi connectivity index (χ2n) is 1.10. The molecular weight excluding hydrogens is 120 g/mol. The average Bonchev–Trinajstić information content (AvgIpc) is 1.98. The van der Waals surface area contributed by atoms with E-state index < -0.39 is 12.2 Å². The van der Waals surface area contributed by atoms with E-state index in [1.165, 1.54) is 6.08 Å². The Morgan fingerprint density at radius 3 is 3.22 bits per heavy atom. The summed E-state index contributed by atoms with van der Waals surface area (Å²) in [7, 11) is 0. The molecule has 48 valence electrons. The van der Waals surface area contributed by atoms with Gasteiger partial charge in [0.05, 0.1) is 0 Å². The molecule has 0 aliphatic heterocycles. The highest BCUT2D eigenvalue weighted by Gasteiger charge is 1.98. The van der Waals surface area contributed by atoms with Crippen LogP contribution in [-0.2, 0) is 9.53 Å². The van der Waals surface area contributed by atoms with Crippen LogP contribution >= 0.6 is 0 Å². The van der Waals surface area contributed by atoms with Gasteiger partial charge in [-0.3, -0.25) is 0 Å². The van der Waals surface area contributed by atoms with E-state index in [2.05, 4.69) is 16.1 Å². The largest absolute Gasteiger partial charge is 0.453 e. The van der Waals surface area contributed by atoms with Crippen molar-refractivity contribution in [3.8, 4) is 0 Å². The Hall–Kier alpha value is -1.41. The summed E-state index contributed by atoms with van der Waals surface area (Å²) in [5.74, 6) is -0.970. The molecule has 0 saturated carbocycles. The zero-order chi connectivity index (χ0) is 7.98. The van der Waals surface area contributed by atoms with Crippen molar-refractivity contribution in [2.24, 2.45) is 0 Å².